The molecule has 1 aliphatic rings. The molecule has 0 unspecified atom stereocenters. The molecular weight excluding hydrogens is 457 g/mol. The maximum Gasteiger partial charge on any atom is 0.471 e. The normalized spacial score (nSPS) is 15.1. The van der Waals surface area contributed by atoms with E-state index in [2.05, 4.69) is 61.4 Å². The lowest BCUT2D eigenvalue weighted by atomic mass is 9.99. The second-order valence-corrected chi connectivity index (χ2v) is 8.75. The number of hydrogen-bond acceptors (Lipinski definition) is 6. The van der Waals surface area contributed by atoms with E-state index in [0.717, 1.165) is 49.9 Å². The Bertz CT molecular complexity index is 1390. The van der Waals surface area contributed by atoms with Crippen LogP contribution in [0.1, 0.15) is 37.6 Å². The minimum Gasteiger partial charge on any atom is -0.332 e. The molecule has 0 bridgehead atoms. The highest BCUT2D eigenvalue weighted by Crippen LogP contribution is 2.33. The Morgan fingerprint density at radius 3 is 2.69 bits per heavy atom. The average Bonchev–Trinajstić information content (AvgIpc) is 3.49. The van der Waals surface area contributed by atoms with Crippen molar-refractivity contribution >= 4 is 16.6 Å². The lowest BCUT2D eigenvalue weighted by Gasteiger charge is -2.21. The largest absolute Gasteiger partial charge is 0.471 e. The van der Waals surface area contributed by atoms with Crippen LogP contribution >= 0.6 is 0 Å². The zero-order valence-corrected chi connectivity index (χ0v) is 19.5. The van der Waals surface area contributed by atoms with E-state index in [1.165, 1.54) is 17.3 Å². The van der Waals surface area contributed by atoms with Crippen molar-refractivity contribution in [2.75, 3.05) is 20.1 Å². The number of likely N-dealkylation sites (N-methyl/N-ethyl adjacent to an activating group) is 1. The number of aryl methyl sites for hydroxylation is 1. The van der Waals surface area contributed by atoms with E-state index in [0.29, 0.717) is 17.0 Å². The molecule has 0 N–H and O–H groups in total. The summed E-state index contributed by atoms with van der Waals surface area (Å²) in [4.78, 5) is 15.1. The van der Waals surface area contributed by atoms with Crippen LogP contribution in [0.2, 0.25) is 0 Å². The maximum absolute atomic E-state index is 12.9. The second-order valence-electron chi connectivity index (χ2n) is 8.75. The predicted octanol–water partition coefficient (Wildman–Crippen LogP) is 5.69. The van der Waals surface area contributed by atoms with Gasteiger partial charge in [-0.05, 0) is 49.7 Å². The highest BCUT2D eigenvalue weighted by Gasteiger charge is 2.38. The molecule has 5 rings (SSSR count). The number of nitrogens with zero attached hydrogens (tertiary/aromatic N) is 6. The molecule has 5 heterocycles. The van der Waals surface area contributed by atoms with Gasteiger partial charge in [0, 0.05) is 48.5 Å². The van der Waals surface area contributed by atoms with Crippen LogP contribution in [0.15, 0.2) is 47.3 Å². The van der Waals surface area contributed by atoms with Crippen molar-refractivity contribution in [2.24, 2.45) is 0 Å². The summed E-state index contributed by atoms with van der Waals surface area (Å²) in [5, 5.41) is 4.57. The molecule has 1 aliphatic heterocycles. The van der Waals surface area contributed by atoms with Crippen LogP contribution in [0.25, 0.3) is 39.4 Å². The van der Waals surface area contributed by atoms with Gasteiger partial charge in [-0.25, -0.2) is 4.98 Å². The number of unbranched alkanes of at least 4 members (excludes halogenated alkanes) is 1. The first kappa shape index (κ1) is 23.2. The Kier molecular flexibility index (Phi) is 6.14. The molecular formula is C25H25F3N6O. The predicted molar refractivity (Wildman–Crippen MR) is 126 cm³/mol. The van der Waals surface area contributed by atoms with E-state index in [1.54, 1.807) is 12.1 Å². The van der Waals surface area contributed by atoms with Gasteiger partial charge in [0.05, 0.1) is 11.4 Å². The van der Waals surface area contributed by atoms with Crippen molar-refractivity contribution in [1.29, 1.82) is 0 Å². The molecule has 0 spiro atoms. The third-order valence-corrected chi connectivity index (χ3v) is 6.18. The molecule has 0 atom stereocenters. The van der Waals surface area contributed by atoms with E-state index < -0.39 is 12.1 Å². The molecule has 0 aromatic carbocycles. The van der Waals surface area contributed by atoms with Crippen molar-refractivity contribution in [3.05, 3.63) is 54.2 Å². The molecule has 10 heteroatoms. The minimum atomic E-state index is -4.70. The molecule has 7 nitrogen and oxygen atoms in total. The maximum atomic E-state index is 12.9. The van der Waals surface area contributed by atoms with Gasteiger partial charge in [-0.1, -0.05) is 24.6 Å². The fourth-order valence-corrected chi connectivity index (χ4v) is 4.24. The summed E-state index contributed by atoms with van der Waals surface area (Å²) in [6.45, 7) is 4.95. The summed E-state index contributed by atoms with van der Waals surface area (Å²) in [5.74, 6) is -1.53. The molecule has 0 radical (unpaired) electrons. The summed E-state index contributed by atoms with van der Waals surface area (Å²) < 4.78 is 45.2. The molecule has 4 aromatic rings. The lowest BCUT2D eigenvalue weighted by molar-refractivity contribution is -0.159. The molecule has 0 saturated carbocycles. The van der Waals surface area contributed by atoms with Crippen molar-refractivity contribution < 1.29 is 17.7 Å². The summed E-state index contributed by atoms with van der Waals surface area (Å²) >= 11 is 0. The number of hydrogen-bond donors (Lipinski definition) is 0. The molecule has 0 saturated heterocycles. The Morgan fingerprint density at radius 2 is 1.97 bits per heavy atom. The van der Waals surface area contributed by atoms with Crippen LogP contribution in [0.3, 0.4) is 0 Å². The van der Waals surface area contributed by atoms with Gasteiger partial charge in [-0.3, -0.25) is 4.98 Å². The van der Waals surface area contributed by atoms with Gasteiger partial charge < -0.3 is 14.0 Å². The van der Waals surface area contributed by atoms with Crippen LogP contribution < -0.4 is 0 Å². The van der Waals surface area contributed by atoms with Gasteiger partial charge in [-0.2, -0.15) is 18.2 Å². The van der Waals surface area contributed by atoms with Crippen LogP contribution in [0.5, 0.6) is 0 Å². The van der Waals surface area contributed by atoms with Crippen LogP contribution in [-0.2, 0) is 12.7 Å². The van der Waals surface area contributed by atoms with Crippen molar-refractivity contribution in [3.63, 3.8) is 0 Å². The minimum absolute atomic E-state index is 0.148. The smallest absolute Gasteiger partial charge is 0.332 e. The quantitative estimate of drug-likeness (QED) is 0.352. The van der Waals surface area contributed by atoms with E-state index in [9.17, 15) is 13.2 Å². The van der Waals surface area contributed by atoms with Gasteiger partial charge in [0.1, 0.15) is 5.65 Å². The molecule has 0 fully saturated rings. The van der Waals surface area contributed by atoms with Crippen molar-refractivity contribution in [3.8, 4) is 22.8 Å². The van der Waals surface area contributed by atoms with Gasteiger partial charge in [0.15, 0.2) is 0 Å². The fourth-order valence-electron chi connectivity index (χ4n) is 4.24. The monoisotopic (exact) mass is 482 g/mol. The van der Waals surface area contributed by atoms with Crippen LogP contribution in [0.4, 0.5) is 13.2 Å². The van der Waals surface area contributed by atoms with Crippen LogP contribution in [-0.4, -0.2) is 49.7 Å². The fraction of sp³-hybridized carbons (Fsp3) is 0.360. The molecule has 0 aliphatic carbocycles. The zero-order chi connectivity index (χ0) is 24.6. The number of fused-ring (bicyclic) bond motifs is 1. The van der Waals surface area contributed by atoms with Crippen molar-refractivity contribution in [1.82, 2.24) is 29.6 Å². The van der Waals surface area contributed by atoms with Gasteiger partial charge in [-0.15, -0.1) is 0 Å². The third kappa shape index (κ3) is 4.70. The number of pyridine rings is 2. The van der Waals surface area contributed by atoms with Crippen molar-refractivity contribution in [2.45, 2.75) is 38.9 Å². The van der Waals surface area contributed by atoms with E-state index in [4.69, 9.17) is 4.98 Å². The number of alkyl halides is 3. The Balaban J connectivity index is 1.54. The van der Waals surface area contributed by atoms with E-state index >= 15 is 0 Å². The Labute approximate surface area is 200 Å². The second kappa shape index (κ2) is 9.26. The van der Waals surface area contributed by atoms with E-state index in [-0.39, 0.29) is 5.82 Å². The molecule has 182 valence electrons. The number of rotatable bonds is 6. The third-order valence-electron chi connectivity index (χ3n) is 6.18. The van der Waals surface area contributed by atoms with Gasteiger partial charge in [0.25, 0.3) is 0 Å². The lowest BCUT2D eigenvalue weighted by Crippen LogP contribution is -2.23. The van der Waals surface area contributed by atoms with Gasteiger partial charge in [0.2, 0.25) is 5.82 Å². The summed E-state index contributed by atoms with van der Waals surface area (Å²) in [6.07, 6.45) is 4.36. The topological polar surface area (TPSA) is 72.9 Å². The van der Waals surface area contributed by atoms with Crippen LogP contribution in [0, 0.1) is 0 Å². The molecule has 35 heavy (non-hydrogen) atoms. The van der Waals surface area contributed by atoms with E-state index in [1.807, 2.05) is 6.07 Å². The average molecular weight is 483 g/mol. The Morgan fingerprint density at radius 1 is 1.11 bits per heavy atom. The number of halogens is 3. The zero-order valence-electron chi connectivity index (χ0n) is 19.5. The standard InChI is InChI=1S/C25H25F3N6O/c1-3-4-11-34-15-19(16-8-12-33(2)13-9-16)18-5-6-20(30-23(18)34)21-14-17(7-10-29-21)22-31-24(35-32-22)25(26,27)28/h5-8,10,14-15H,3-4,9,11-13H2,1-2H3. The first-order valence-electron chi connectivity index (χ1n) is 11.6. The van der Waals surface area contributed by atoms with Gasteiger partial charge >= 0.3 is 12.1 Å². The molecule has 4 aromatic heterocycles. The SMILES string of the molecule is CCCCn1cc(C2=CCN(C)CC2)c2ccc(-c3cc(-c4noc(C(F)(F)F)n4)ccn3)nc21. The summed E-state index contributed by atoms with van der Waals surface area (Å²) in [5.41, 5.74) is 4.92. The summed E-state index contributed by atoms with van der Waals surface area (Å²) in [7, 11) is 2.12. The summed E-state index contributed by atoms with van der Waals surface area (Å²) in [6, 6.07) is 7.12. The highest BCUT2D eigenvalue weighted by molar-refractivity contribution is 5.92. The number of aromatic nitrogens is 5. The first-order chi connectivity index (χ1) is 16.8. The highest BCUT2D eigenvalue weighted by atomic mass is 19.4. The Hall–Kier alpha value is -3.53. The first-order valence-corrected chi connectivity index (χ1v) is 11.6. The molecule has 0 amide bonds.